The molecular weight excluding hydrogens is 319 g/mol. The number of benzene rings is 1. The molecule has 2 atom stereocenters. The predicted molar refractivity (Wildman–Crippen MR) is 86.8 cm³/mol. The fraction of sp³-hybridized carbons (Fsp3) is 0.625. The molecule has 1 aliphatic heterocycles. The molecule has 0 aliphatic carbocycles. The van der Waals surface area contributed by atoms with Gasteiger partial charge in [0.15, 0.2) is 0 Å². The van der Waals surface area contributed by atoms with E-state index in [0.29, 0.717) is 18.0 Å². The van der Waals surface area contributed by atoms with Gasteiger partial charge in [0.25, 0.3) is 0 Å². The Labute approximate surface area is 129 Å². The van der Waals surface area contributed by atoms with Gasteiger partial charge in [-0.2, -0.15) is 0 Å². The summed E-state index contributed by atoms with van der Waals surface area (Å²) in [5.74, 6) is 0.361. The van der Waals surface area contributed by atoms with Crippen LogP contribution in [0.5, 0.6) is 0 Å². The average Bonchev–Trinajstić information content (AvgIpc) is 2.41. The fourth-order valence-corrected chi connectivity index (χ4v) is 3.30. The number of hydrogen-bond donors (Lipinski definition) is 1. The quantitative estimate of drug-likeness (QED) is 0.882. The van der Waals surface area contributed by atoms with Crippen molar-refractivity contribution < 1.29 is 4.39 Å². The maximum atomic E-state index is 14.2. The van der Waals surface area contributed by atoms with Gasteiger partial charge in [0.2, 0.25) is 0 Å². The summed E-state index contributed by atoms with van der Waals surface area (Å²) >= 11 is 3.46. The summed E-state index contributed by atoms with van der Waals surface area (Å²) in [6.07, 6.45) is 2.29. The smallest absolute Gasteiger partial charge is 0.146 e. The highest BCUT2D eigenvalue weighted by atomic mass is 79.9. The highest BCUT2D eigenvalue weighted by Gasteiger charge is 2.31. The van der Waals surface area contributed by atoms with Crippen molar-refractivity contribution in [1.29, 1.82) is 0 Å². The van der Waals surface area contributed by atoms with Crippen LogP contribution in [0, 0.1) is 11.7 Å². The third-order valence-corrected chi connectivity index (χ3v) is 4.55. The molecule has 0 spiro atoms. The molecular formula is C16H24BrFN2. The second kappa shape index (κ2) is 6.90. The molecule has 112 valence electrons. The first kappa shape index (κ1) is 15.8. The van der Waals surface area contributed by atoms with Gasteiger partial charge in [-0.05, 0) is 30.5 Å². The lowest BCUT2D eigenvalue weighted by atomic mass is 9.96. The number of hydrogen-bond acceptors (Lipinski definition) is 2. The predicted octanol–water partition coefficient (Wildman–Crippen LogP) is 4.19. The molecule has 2 unspecified atom stereocenters. The fourth-order valence-electron chi connectivity index (χ4n) is 2.96. The topological polar surface area (TPSA) is 15.3 Å². The molecule has 0 bridgehead atoms. The van der Waals surface area contributed by atoms with E-state index < -0.39 is 0 Å². The van der Waals surface area contributed by atoms with Crippen molar-refractivity contribution in [3.05, 3.63) is 28.5 Å². The highest BCUT2D eigenvalue weighted by Crippen LogP contribution is 2.29. The molecule has 1 heterocycles. The number of rotatable bonds is 4. The summed E-state index contributed by atoms with van der Waals surface area (Å²) in [5.41, 5.74) is 0.723. The van der Waals surface area contributed by atoms with Crippen molar-refractivity contribution in [2.45, 2.75) is 45.7 Å². The van der Waals surface area contributed by atoms with Gasteiger partial charge in [-0.25, -0.2) is 4.39 Å². The number of halogens is 2. The van der Waals surface area contributed by atoms with Gasteiger partial charge in [0.1, 0.15) is 5.82 Å². The van der Waals surface area contributed by atoms with E-state index in [-0.39, 0.29) is 5.82 Å². The van der Waals surface area contributed by atoms with E-state index in [0.717, 1.165) is 36.1 Å². The average molecular weight is 343 g/mol. The normalized spacial score (nSPS) is 23.4. The van der Waals surface area contributed by atoms with Crippen LogP contribution in [0.3, 0.4) is 0 Å². The molecule has 1 aliphatic rings. The largest absolute Gasteiger partial charge is 0.363 e. The van der Waals surface area contributed by atoms with Crippen molar-refractivity contribution in [2.24, 2.45) is 5.92 Å². The van der Waals surface area contributed by atoms with Crippen LogP contribution in [0.1, 0.15) is 33.6 Å². The molecule has 2 nitrogen and oxygen atoms in total. The van der Waals surface area contributed by atoms with E-state index in [2.05, 4.69) is 46.9 Å². The first-order valence-electron chi connectivity index (χ1n) is 7.48. The van der Waals surface area contributed by atoms with Crippen molar-refractivity contribution in [1.82, 2.24) is 5.32 Å². The second-order valence-electron chi connectivity index (χ2n) is 5.95. The van der Waals surface area contributed by atoms with Crippen LogP contribution < -0.4 is 10.2 Å². The van der Waals surface area contributed by atoms with Gasteiger partial charge in [0.05, 0.1) is 5.69 Å². The van der Waals surface area contributed by atoms with Crippen LogP contribution in [-0.4, -0.2) is 25.2 Å². The lowest BCUT2D eigenvalue weighted by Gasteiger charge is -2.44. The van der Waals surface area contributed by atoms with Gasteiger partial charge < -0.3 is 10.2 Å². The van der Waals surface area contributed by atoms with Crippen molar-refractivity contribution in [3.8, 4) is 0 Å². The first-order valence-corrected chi connectivity index (χ1v) is 8.27. The van der Waals surface area contributed by atoms with Crippen molar-refractivity contribution >= 4 is 21.6 Å². The molecule has 1 saturated heterocycles. The Bertz CT molecular complexity index is 450. The summed E-state index contributed by atoms with van der Waals surface area (Å²) in [5, 5.41) is 3.61. The van der Waals surface area contributed by atoms with Crippen LogP contribution >= 0.6 is 15.9 Å². The Morgan fingerprint density at radius 3 is 2.85 bits per heavy atom. The molecule has 0 aromatic heterocycles. The number of anilines is 1. The molecule has 0 saturated carbocycles. The molecule has 4 heteroatoms. The molecule has 0 radical (unpaired) electrons. The first-order chi connectivity index (χ1) is 9.52. The monoisotopic (exact) mass is 342 g/mol. The van der Waals surface area contributed by atoms with Crippen LogP contribution in [0.4, 0.5) is 10.1 Å². The molecule has 1 N–H and O–H groups in total. The minimum atomic E-state index is -0.129. The van der Waals surface area contributed by atoms with E-state index in [1.807, 2.05) is 6.07 Å². The number of nitrogens with zero attached hydrogens (tertiary/aromatic N) is 1. The van der Waals surface area contributed by atoms with E-state index in [1.54, 1.807) is 12.1 Å². The molecule has 0 amide bonds. The Kier molecular flexibility index (Phi) is 5.44. The molecule has 1 aromatic rings. The maximum absolute atomic E-state index is 14.2. The molecule has 1 fully saturated rings. The van der Waals surface area contributed by atoms with Crippen molar-refractivity contribution in [2.75, 3.05) is 18.0 Å². The minimum Gasteiger partial charge on any atom is -0.363 e. The van der Waals surface area contributed by atoms with Gasteiger partial charge in [0, 0.05) is 29.6 Å². The van der Waals surface area contributed by atoms with Gasteiger partial charge >= 0.3 is 0 Å². The minimum absolute atomic E-state index is 0.129. The number of piperazine rings is 1. The highest BCUT2D eigenvalue weighted by molar-refractivity contribution is 9.10. The van der Waals surface area contributed by atoms with Gasteiger partial charge in [-0.1, -0.05) is 43.1 Å². The lowest BCUT2D eigenvalue weighted by Crippen LogP contribution is -2.58. The Hall–Kier alpha value is -0.610. The van der Waals surface area contributed by atoms with E-state index in [1.165, 1.54) is 0 Å². The summed E-state index contributed by atoms with van der Waals surface area (Å²) in [4.78, 5) is 2.25. The van der Waals surface area contributed by atoms with Gasteiger partial charge in [-0.15, -0.1) is 0 Å². The van der Waals surface area contributed by atoms with Crippen LogP contribution in [0.15, 0.2) is 22.7 Å². The third kappa shape index (κ3) is 3.53. The SMILES string of the molecule is CCCC1CN(c2cc(Br)ccc2F)C(C(C)C)CN1. The Morgan fingerprint density at radius 1 is 1.45 bits per heavy atom. The third-order valence-electron chi connectivity index (χ3n) is 4.06. The van der Waals surface area contributed by atoms with E-state index in [9.17, 15) is 4.39 Å². The van der Waals surface area contributed by atoms with E-state index in [4.69, 9.17) is 0 Å². The molecule has 1 aromatic carbocycles. The summed E-state index contributed by atoms with van der Waals surface area (Å²) < 4.78 is 15.2. The summed E-state index contributed by atoms with van der Waals surface area (Å²) in [7, 11) is 0. The standard InChI is InChI=1S/C16H24BrFN2/c1-4-5-13-10-20(16(9-19-13)11(2)3)15-8-12(17)6-7-14(15)18/h6-8,11,13,16,19H,4-5,9-10H2,1-3H3. The summed E-state index contributed by atoms with van der Waals surface area (Å²) in [6.45, 7) is 8.41. The summed E-state index contributed by atoms with van der Waals surface area (Å²) in [6, 6.07) is 6.00. The zero-order valence-electron chi connectivity index (χ0n) is 12.5. The molecule has 2 rings (SSSR count). The number of nitrogens with one attached hydrogen (secondary N) is 1. The second-order valence-corrected chi connectivity index (χ2v) is 6.87. The maximum Gasteiger partial charge on any atom is 0.146 e. The van der Waals surface area contributed by atoms with E-state index >= 15 is 0 Å². The Morgan fingerprint density at radius 2 is 2.20 bits per heavy atom. The molecule has 20 heavy (non-hydrogen) atoms. The van der Waals surface area contributed by atoms with Crippen LogP contribution in [0.2, 0.25) is 0 Å². The lowest BCUT2D eigenvalue weighted by molar-refractivity contribution is 0.325. The van der Waals surface area contributed by atoms with Crippen LogP contribution in [0.25, 0.3) is 0 Å². The zero-order valence-corrected chi connectivity index (χ0v) is 14.1. The van der Waals surface area contributed by atoms with Crippen molar-refractivity contribution in [3.63, 3.8) is 0 Å². The Balaban J connectivity index is 2.28. The zero-order chi connectivity index (χ0) is 14.7. The van der Waals surface area contributed by atoms with Crippen LogP contribution in [-0.2, 0) is 0 Å². The van der Waals surface area contributed by atoms with Gasteiger partial charge in [-0.3, -0.25) is 0 Å².